The molecule has 5 rings (SSSR count). The Bertz CT molecular complexity index is 1600. The summed E-state index contributed by atoms with van der Waals surface area (Å²) in [5.41, 5.74) is 8.54. The molecule has 3 N–H and O–H groups in total. The van der Waals surface area contributed by atoms with Crippen molar-refractivity contribution in [3.05, 3.63) is 100 Å². The van der Waals surface area contributed by atoms with Crippen LogP contribution in [0.1, 0.15) is 57.8 Å². The third-order valence-corrected chi connectivity index (χ3v) is 6.91. The fourth-order valence-electron chi connectivity index (χ4n) is 4.94. The van der Waals surface area contributed by atoms with Gasteiger partial charge in [0.05, 0.1) is 28.2 Å². The van der Waals surface area contributed by atoms with Crippen molar-refractivity contribution in [3.8, 4) is 16.9 Å². The predicted octanol–water partition coefficient (Wildman–Crippen LogP) is 6.36. The van der Waals surface area contributed by atoms with E-state index >= 15 is 0 Å². The number of halogens is 4. The fourth-order valence-corrected chi connectivity index (χ4v) is 4.94. The van der Waals surface area contributed by atoms with E-state index in [0.717, 1.165) is 17.7 Å². The molecule has 0 atom stereocenters. The average Bonchev–Trinajstić information content (AvgIpc) is 3.26. The molecule has 0 bridgehead atoms. The van der Waals surface area contributed by atoms with Crippen molar-refractivity contribution in [1.82, 2.24) is 15.1 Å². The van der Waals surface area contributed by atoms with Gasteiger partial charge in [-0.15, -0.1) is 0 Å². The molecule has 0 unspecified atom stereocenters. The monoisotopic (exact) mass is 550 g/mol. The molecule has 40 heavy (non-hydrogen) atoms. The summed E-state index contributed by atoms with van der Waals surface area (Å²) in [5.74, 6) is -0.902. The van der Waals surface area contributed by atoms with E-state index in [4.69, 9.17) is 5.73 Å². The minimum atomic E-state index is -4.49. The Labute approximate surface area is 227 Å². The van der Waals surface area contributed by atoms with E-state index in [1.807, 2.05) is 13.8 Å². The molecule has 3 aromatic carbocycles. The van der Waals surface area contributed by atoms with Gasteiger partial charge in [0.15, 0.2) is 5.78 Å². The molecule has 0 spiro atoms. The number of nitrogens with zero attached hydrogens (tertiary/aromatic N) is 2. The summed E-state index contributed by atoms with van der Waals surface area (Å²) < 4.78 is 54.0. The maximum absolute atomic E-state index is 13.3. The number of carbonyl (C=O) groups excluding carboxylic acids is 2. The molecule has 0 aliphatic heterocycles. The lowest BCUT2D eigenvalue weighted by atomic mass is 9.75. The number of amides is 1. The van der Waals surface area contributed by atoms with E-state index in [-0.39, 0.29) is 47.3 Å². The molecule has 0 saturated heterocycles. The van der Waals surface area contributed by atoms with Crippen LogP contribution >= 0.6 is 0 Å². The highest BCUT2D eigenvalue weighted by Gasteiger charge is 2.37. The lowest BCUT2D eigenvalue weighted by Crippen LogP contribution is -2.28. The number of carbonyl (C=O) groups is 2. The maximum atomic E-state index is 13.3. The zero-order valence-corrected chi connectivity index (χ0v) is 21.8. The molecule has 206 valence electrons. The molecule has 1 aromatic heterocycles. The lowest BCUT2D eigenvalue weighted by Gasteiger charge is -2.29. The molecular weight excluding hydrogens is 524 g/mol. The number of nitrogens with one attached hydrogen (secondary N) is 1. The van der Waals surface area contributed by atoms with Crippen molar-refractivity contribution in [1.29, 1.82) is 0 Å². The highest BCUT2D eigenvalue weighted by molar-refractivity contribution is 6.04. The Hall–Kier alpha value is -4.47. The Morgan fingerprint density at radius 1 is 1.02 bits per heavy atom. The number of alkyl halides is 3. The number of hydrogen-bond acceptors (Lipinski definition) is 4. The Morgan fingerprint density at radius 3 is 2.33 bits per heavy atom. The van der Waals surface area contributed by atoms with Gasteiger partial charge in [-0.25, -0.2) is 9.07 Å². The summed E-state index contributed by atoms with van der Waals surface area (Å²) in [7, 11) is 0. The molecule has 0 saturated carbocycles. The number of anilines is 1. The second-order valence-corrected chi connectivity index (χ2v) is 10.7. The first-order valence-corrected chi connectivity index (χ1v) is 12.6. The number of benzene rings is 3. The highest BCUT2D eigenvalue weighted by atomic mass is 19.4. The molecule has 1 aliphatic rings. The second-order valence-electron chi connectivity index (χ2n) is 10.7. The summed E-state index contributed by atoms with van der Waals surface area (Å²) in [5, 5.41) is 7.43. The maximum Gasteiger partial charge on any atom is 0.416 e. The summed E-state index contributed by atoms with van der Waals surface area (Å²) >= 11 is 0. The number of nitrogen functional groups attached to an aromatic ring is 1. The number of rotatable bonds is 5. The van der Waals surface area contributed by atoms with Crippen LogP contribution in [0.4, 0.5) is 23.2 Å². The number of aromatic nitrogens is 2. The molecule has 1 amide bonds. The van der Waals surface area contributed by atoms with Gasteiger partial charge in [-0.05, 0) is 59.9 Å². The van der Waals surface area contributed by atoms with Crippen LogP contribution in [0.5, 0.6) is 0 Å². The van der Waals surface area contributed by atoms with E-state index < -0.39 is 11.7 Å². The minimum Gasteiger partial charge on any atom is -0.397 e. The Balaban J connectivity index is 1.50. The van der Waals surface area contributed by atoms with Crippen LogP contribution in [0.25, 0.3) is 16.9 Å². The Morgan fingerprint density at radius 2 is 1.70 bits per heavy atom. The van der Waals surface area contributed by atoms with Crippen molar-refractivity contribution in [2.75, 3.05) is 5.73 Å². The lowest BCUT2D eigenvalue weighted by molar-refractivity contribution is -0.137. The standard InChI is InChI=1S/C30H26F4N4O2/c1-29(2)14-24-26(25(39)15-29)27(18-5-8-20(9-6-18)30(32,33)34)37-38(24)23-12-7-19(13-22(23)35)28(40)36-16-17-3-10-21(31)11-4-17/h3-13H,14-16,35H2,1-2H3,(H,36,40). The first-order valence-electron chi connectivity index (χ1n) is 12.6. The smallest absolute Gasteiger partial charge is 0.397 e. The van der Waals surface area contributed by atoms with Gasteiger partial charge in [0.2, 0.25) is 0 Å². The quantitative estimate of drug-likeness (QED) is 0.223. The molecular formula is C30H26F4N4O2. The summed E-state index contributed by atoms with van der Waals surface area (Å²) in [4.78, 5) is 26.0. The summed E-state index contributed by atoms with van der Waals surface area (Å²) in [6, 6.07) is 15.0. The van der Waals surface area contributed by atoms with Gasteiger partial charge in [0.1, 0.15) is 11.5 Å². The van der Waals surface area contributed by atoms with Crippen molar-refractivity contribution < 1.29 is 27.2 Å². The third-order valence-electron chi connectivity index (χ3n) is 6.91. The van der Waals surface area contributed by atoms with Gasteiger partial charge >= 0.3 is 6.18 Å². The normalized spacial score (nSPS) is 14.6. The van der Waals surface area contributed by atoms with E-state index in [1.165, 1.54) is 30.3 Å². The van der Waals surface area contributed by atoms with E-state index in [1.54, 1.807) is 28.9 Å². The molecule has 6 nitrogen and oxygen atoms in total. The van der Waals surface area contributed by atoms with Crippen LogP contribution in [0.15, 0.2) is 66.7 Å². The average molecular weight is 551 g/mol. The number of hydrogen-bond donors (Lipinski definition) is 2. The first kappa shape index (κ1) is 27.1. The van der Waals surface area contributed by atoms with E-state index in [2.05, 4.69) is 10.4 Å². The minimum absolute atomic E-state index is 0.150. The molecule has 4 aromatic rings. The second kappa shape index (κ2) is 9.93. The number of ketones is 1. The van der Waals surface area contributed by atoms with Gasteiger partial charge in [-0.2, -0.15) is 18.3 Å². The van der Waals surface area contributed by atoms with Crippen LogP contribution in [0.2, 0.25) is 0 Å². The van der Waals surface area contributed by atoms with Crippen LogP contribution in [0.3, 0.4) is 0 Å². The van der Waals surface area contributed by atoms with Crippen molar-refractivity contribution in [2.24, 2.45) is 5.41 Å². The SMILES string of the molecule is CC1(C)CC(=O)c2c(-c3ccc(C(F)(F)F)cc3)nn(-c3ccc(C(=O)NCc4ccc(F)cc4)cc3N)c2C1. The first-order chi connectivity index (χ1) is 18.8. The third kappa shape index (κ3) is 5.34. The molecule has 1 aliphatic carbocycles. The zero-order valence-electron chi connectivity index (χ0n) is 21.8. The highest BCUT2D eigenvalue weighted by Crippen LogP contribution is 2.41. The number of fused-ring (bicyclic) bond motifs is 1. The summed E-state index contributed by atoms with van der Waals surface area (Å²) in [6.07, 6.45) is -3.73. The number of nitrogens with two attached hydrogens (primary N) is 1. The van der Waals surface area contributed by atoms with Gasteiger partial charge < -0.3 is 11.1 Å². The largest absolute Gasteiger partial charge is 0.416 e. The molecule has 0 radical (unpaired) electrons. The van der Waals surface area contributed by atoms with Crippen LogP contribution < -0.4 is 11.1 Å². The molecule has 1 heterocycles. The van der Waals surface area contributed by atoms with E-state index in [9.17, 15) is 27.2 Å². The van der Waals surface area contributed by atoms with Crippen LogP contribution in [0, 0.1) is 11.2 Å². The van der Waals surface area contributed by atoms with Gasteiger partial charge in [0, 0.05) is 24.1 Å². The predicted molar refractivity (Wildman–Crippen MR) is 142 cm³/mol. The number of Topliss-reactive ketones (excluding diaryl/α,β-unsaturated/α-hetero) is 1. The zero-order chi connectivity index (χ0) is 28.8. The molecule has 10 heteroatoms. The summed E-state index contributed by atoms with van der Waals surface area (Å²) in [6.45, 7) is 4.11. The van der Waals surface area contributed by atoms with Crippen molar-refractivity contribution in [3.63, 3.8) is 0 Å². The van der Waals surface area contributed by atoms with E-state index in [0.29, 0.717) is 34.5 Å². The van der Waals surface area contributed by atoms with Gasteiger partial charge in [-0.1, -0.05) is 38.1 Å². The van der Waals surface area contributed by atoms with Crippen molar-refractivity contribution in [2.45, 2.75) is 39.4 Å². The molecule has 0 fully saturated rings. The fraction of sp³-hybridized carbons (Fsp3) is 0.233. The van der Waals surface area contributed by atoms with Gasteiger partial charge in [-0.3, -0.25) is 9.59 Å². The van der Waals surface area contributed by atoms with Gasteiger partial charge in [0.25, 0.3) is 5.91 Å². The van der Waals surface area contributed by atoms with Crippen LogP contribution in [-0.2, 0) is 19.1 Å². The Kier molecular flexibility index (Phi) is 6.73. The van der Waals surface area contributed by atoms with Crippen LogP contribution in [-0.4, -0.2) is 21.5 Å². The topological polar surface area (TPSA) is 90.0 Å². The van der Waals surface area contributed by atoms with Crippen molar-refractivity contribution >= 4 is 17.4 Å².